The van der Waals surface area contributed by atoms with E-state index in [2.05, 4.69) is 11.9 Å². The summed E-state index contributed by atoms with van der Waals surface area (Å²) in [5.41, 5.74) is 1.64. The number of ether oxygens (including phenoxy) is 3. The fourth-order valence-electron chi connectivity index (χ4n) is 4.52. The van der Waals surface area contributed by atoms with Gasteiger partial charge in [-0.3, -0.25) is 14.5 Å². The van der Waals surface area contributed by atoms with Crippen molar-refractivity contribution >= 4 is 44.1 Å². The number of unbranched alkanes of at least 4 members (excludes halogenated alkanes) is 1. The molecule has 1 saturated heterocycles. The zero-order valence-electron chi connectivity index (χ0n) is 21.8. The van der Waals surface area contributed by atoms with Crippen molar-refractivity contribution in [2.45, 2.75) is 25.8 Å². The lowest BCUT2D eigenvalue weighted by Gasteiger charge is -2.24. The molecule has 1 fully saturated rings. The average molecular weight is 545 g/mol. The molecule has 0 spiro atoms. The number of anilines is 1. The first-order valence-corrected chi connectivity index (χ1v) is 13.4. The van der Waals surface area contributed by atoms with Crippen molar-refractivity contribution in [3.05, 3.63) is 83.4 Å². The van der Waals surface area contributed by atoms with Crippen LogP contribution in [-0.4, -0.2) is 42.6 Å². The summed E-state index contributed by atoms with van der Waals surface area (Å²) in [6, 6.07) is 18.5. The van der Waals surface area contributed by atoms with Crippen LogP contribution < -0.4 is 19.1 Å². The molecule has 39 heavy (non-hydrogen) atoms. The van der Waals surface area contributed by atoms with E-state index in [1.807, 2.05) is 12.1 Å². The number of rotatable bonds is 9. The Hall–Kier alpha value is -4.37. The van der Waals surface area contributed by atoms with E-state index in [9.17, 15) is 14.7 Å². The van der Waals surface area contributed by atoms with Gasteiger partial charge in [-0.15, -0.1) is 0 Å². The SMILES string of the molecule is CCCCOc1ccc(C2C(=C(O)c3ccccc3)C(=O)C(=O)N2c2nc3ccc(OC)cc3s2)cc1OC. The highest BCUT2D eigenvalue weighted by Gasteiger charge is 2.48. The summed E-state index contributed by atoms with van der Waals surface area (Å²) in [4.78, 5) is 33.0. The first-order chi connectivity index (χ1) is 19.0. The number of hydrogen-bond donors (Lipinski definition) is 1. The number of aliphatic hydroxyl groups excluding tert-OH is 1. The van der Waals surface area contributed by atoms with Gasteiger partial charge in [0.1, 0.15) is 11.5 Å². The van der Waals surface area contributed by atoms with E-state index in [4.69, 9.17) is 14.2 Å². The Labute approximate surface area is 230 Å². The minimum Gasteiger partial charge on any atom is -0.507 e. The predicted molar refractivity (Wildman–Crippen MR) is 151 cm³/mol. The smallest absolute Gasteiger partial charge is 0.301 e. The predicted octanol–water partition coefficient (Wildman–Crippen LogP) is 6.12. The van der Waals surface area contributed by atoms with E-state index >= 15 is 0 Å². The molecule has 1 aromatic heterocycles. The normalized spacial score (nSPS) is 16.6. The molecule has 0 saturated carbocycles. The van der Waals surface area contributed by atoms with Gasteiger partial charge in [-0.05, 0) is 42.3 Å². The summed E-state index contributed by atoms with van der Waals surface area (Å²) in [5, 5.41) is 11.7. The second-order valence-electron chi connectivity index (χ2n) is 8.98. The third-order valence-corrected chi connectivity index (χ3v) is 7.56. The first-order valence-electron chi connectivity index (χ1n) is 12.6. The third kappa shape index (κ3) is 4.93. The van der Waals surface area contributed by atoms with Crippen molar-refractivity contribution in [1.82, 2.24) is 4.98 Å². The second kappa shape index (κ2) is 11.2. The van der Waals surface area contributed by atoms with Crippen molar-refractivity contribution in [3.8, 4) is 17.2 Å². The average Bonchev–Trinajstić information content (AvgIpc) is 3.50. The molecule has 0 bridgehead atoms. The topological polar surface area (TPSA) is 98.2 Å². The number of aliphatic hydroxyl groups is 1. The minimum absolute atomic E-state index is 0.0234. The van der Waals surface area contributed by atoms with E-state index in [0.29, 0.717) is 45.6 Å². The number of thiazole rings is 1. The highest BCUT2D eigenvalue weighted by molar-refractivity contribution is 7.22. The van der Waals surface area contributed by atoms with Crippen LogP contribution in [-0.2, 0) is 9.59 Å². The molecule has 3 aromatic carbocycles. The van der Waals surface area contributed by atoms with Gasteiger partial charge in [0.15, 0.2) is 16.6 Å². The molecular weight excluding hydrogens is 516 g/mol. The van der Waals surface area contributed by atoms with Gasteiger partial charge in [0.2, 0.25) is 0 Å². The van der Waals surface area contributed by atoms with E-state index in [1.54, 1.807) is 61.7 Å². The molecule has 1 aliphatic heterocycles. The Morgan fingerprint density at radius 1 is 1.00 bits per heavy atom. The number of carbonyl (C=O) groups is 2. The molecule has 1 N–H and O–H groups in total. The highest BCUT2D eigenvalue weighted by atomic mass is 32.1. The van der Waals surface area contributed by atoms with Crippen molar-refractivity contribution in [2.24, 2.45) is 0 Å². The van der Waals surface area contributed by atoms with Crippen LogP contribution in [0.5, 0.6) is 17.2 Å². The molecule has 200 valence electrons. The fourth-order valence-corrected chi connectivity index (χ4v) is 5.54. The zero-order valence-corrected chi connectivity index (χ0v) is 22.7. The number of Topliss-reactive ketones (excluding diaryl/α,β-unsaturated/α-hetero) is 1. The van der Waals surface area contributed by atoms with Gasteiger partial charge in [-0.1, -0.05) is 61.1 Å². The van der Waals surface area contributed by atoms with Crippen LogP contribution >= 0.6 is 11.3 Å². The molecular formula is C30H28N2O6S. The Morgan fingerprint density at radius 2 is 1.79 bits per heavy atom. The number of fused-ring (bicyclic) bond motifs is 1. The molecule has 8 nitrogen and oxygen atoms in total. The number of methoxy groups -OCH3 is 2. The summed E-state index contributed by atoms with van der Waals surface area (Å²) in [6.45, 7) is 2.62. The molecule has 1 unspecified atom stereocenters. The minimum atomic E-state index is -0.939. The number of nitrogens with zero attached hydrogens (tertiary/aromatic N) is 2. The van der Waals surface area contributed by atoms with E-state index in [0.717, 1.165) is 17.5 Å². The molecule has 0 aliphatic carbocycles. The Balaban J connectivity index is 1.68. The number of aromatic nitrogens is 1. The van der Waals surface area contributed by atoms with Crippen LogP contribution in [0, 0.1) is 0 Å². The van der Waals surface area contributed by atoms with E-state index in [-0.39, 0.29) is 11.3 Å². The summed E-state index contributed by atoms with van der Waals surface area (Å²) in [6.07, 6.45) is 1.88. The number of benzene rings is 3. The maximum absolute atomic E-state index is 13.5. The van der Waals surface area contributed by atoms with Gasteiger partial charge in [-0.25, -0.2) is 4.98 Å². The van der Waals surface area contributed by atoms with Gasteiger partial charge in [0.05, 0.1) is 42.7 Å². The summed E-state index contributed by atoms with van der Waals surface area (Å²) < 4.78 is 17.6. The van der Waals surface area contributed by atoms with Crippen molar-refractivity contribution in [3.63, 3.8) is 0 Å². The quantitative estimate of drug-likeness (QED) is 0.117. The van der Waals surface area contributed by atoms with Gasteiger partial charge in [-0.2, -0.15) is 0 Å². The Kier molecular flexibility index (Phi) is 7.51. The van der Waals surface area contributed by atoms with Crippen LogP contribution in [0.25, 0.3) is 16.0 Å². The van der Waals surface area contributed by atoms with Crippen LogP contribution in [0.1, 0.15) is 36.9 Å². The highest BCUT2D eigenvalue weighted by Crippen LogP contribution is 2.46. The van der Waals surface area contributed by atoms with E-state index in [1.165, 1.54) is 23.3 Å². The zero-order chi connectivity index (χ0) is 27.5. The van der Waals surface area contributed by atoms with Crippen molar-refractivity contribution in [1.29, 1.82) is 0 Å². The second-order valence-corrected chi connectivity index (χ2v) is 9.99. The Morgan fingerprint density at radius 3 is 2.51 bits per heavy atom. The maximum Gasteiger partial charge on any atom is 0.301 e. The lowest BCUT2D eigenvalue weighted by atomic mass is 9.95. The largest absolute Gasteiger partial charge is 0.507 e. The molecule has 9 heteroatoms. The van der Waals surface area contributed by atoms with Crippen LogP contribution in [0.15, 0.2) is 72.3 Å². The standard InChI is InChI=1S/C30H28N2O6S/c1-4-5-15-38-22-14-11-19(16-23(22)37-3)26-25(27(33)18-9-7-6-8-10-18)28(34)29(35)32(26)30-31-21-13-12-20(36-2)17-24(21)39-30/h6-14,16-17,26,33H,4-5,15H2,1-3H3. The lowest BCUT2D eigenvalue weighted by Crippen LogP contribution is -2.29. The number of amides is 1. The number of hydrogen-bond acceptors (Lipinski definition) is 8. The van der Waals surface area contributed by atoms with Gasteiger partial charge >= 0.3 is 5.91 Å². The fraction of sp³-hybridized carbons (Fsp3) is 0.233. The van der Waals surface area contributed by atoms with Gasteiger partial charge in [0.25, 0.3) is 5.78 Å². The molecule has 5 rings (SSSR count). The molecule has 1 aliphatic rings. The van der Waals surface area contributed by atoms with Crippen LogP contribution in [0.2, 0.25) is 0 Å². The number of ketones is 1. The Bertz CT molecular complexity index is 1560. The molecule has 2 heterocycles. The molecule has 1 amide bonds. The van der Waals surface area contributed by atoms with Crippen LogP contribution in [0.4, 0.5) is 5.13 Å². The lowest BCUT2D eigenvalue weighted by molar-refractivity contribution is -0.132. The third-order valence-electron chi connectivity index (χ3n) is 6.54. The van der Waals surface area contributed by atoms with Crippen molar-refractivity contribution < 1.29 is 28.9 Å². The van der Waals surface area contributed by atoms with E-state index < -0.39 is 17.7 Å². The summed E-state index contributed by atoms with van der Waals surface area (Å²) in [7, 11) is 3.11. The molecule has 1 atom stereocenters. The van der Waals surface area contributed by atoms with Gasteiger partial charge < -0.3 is 19.3 Å². The summed E-state index contributed by atoms with van der Waals surface area (Å²) in [5.74, 6) is -0.147. The maximum atomic E-state index is 13.5. The number of carbonyl (C=O) groups excluding carboxylic acids is 2. The first kappa shape index (κ1) is 26.2. The summed E-state index contributed by atoms with van der Waals surface area (Å²) >= 11 is 1.27. The van der Waals surface area contributed by atoms with Crippen LogP contribution in [0.3, 0.4) is 0 Å². The van der Waals surface area contributed by atoms with Crippen molar-refractivity contribution in [2.75, 3.05) is 25.7 Å². The van der Waals surface area contributed by atoms with Gasteiger partial charge in [0, 0.05) is 5.56 Å². The molecule has 0 radical (unpaired) electrons. The monoisotopic (exact) mass is 544 g/mol. The molecule has 4 aromatic rings.